The van der Waals surface area contributed by atoms with Crippen molar-refractivity contribution in [2.24, 2.45) is 0 Å². The molecule has 1 aromatic carbocycles. The van der Waals surface area contributed by atoms with E-state index in [1.54, 1.807) is 6.20 Å². The fourth-order valence-corrected chi connectivity index (χ4v) is 4.13. The number of carbonyl (C=O) groups excluding carboxylic acids is 1. The van der Waals surface area contributed by atoms with Crippen molar-refractivity contribution in [3.05, 3.63) is 58.8 Å². The molecule has 1 aromatic heterocycles. The Morgan fingerprint density at radius 1 is 1.10 bits per heavy atom. The van der Waals surface area contributed by atoms with E-state index in [1.165, 1.54) is 11.1 Å². The third kappa shape index (κ3) is 4.28. The van der Waals surface area contributed by atoms with Crippen LogP contribution in [0.25, 0.3) is 0 Å². The number of likely N-dealkylation sites (N-methyl/N-ethyl adjacent to an activating group) is 1. The number of hydrogen-bond donors (Lipinski definition) is 1. The van der Waals surface area contributed by atoms with E-state index in [2.05, 4.69) is 58.3 Å². The lowest BCUT2D eigenvalue weighted by molar-refractivity contribution is 0.0787. The molecule has 0 spiro atoms. The maximum absolute atomic E-state index is 12.4. The van der Waals surface area contributed by atoms with Crippen LogP contribution in [0, 0.1) is 0 Å². The Labute approximate surface area is 173 Å². The van der Waals surface area contributed by atoms with Crippen LogP contribution in [-0.2, 0) is 13.1 Å². The van der Waals surface area contributed by atoms with E-state index in [-0.39, 0.29) is 11.9 Å². The van der Waals surface area contributed by atoms with Gasteiger partial charge in [0.25, 0.3) is 5.91 Å². The molecule has 6 heteroatoms. The molecule has 1 atom stereocenters. The van der Waals surface area contributed by atoms with Crippen LogP contribution < -0.4 is 5.32 Å². The van der Waals surface area contributed by atoms with Gasteiger partial charge in [-0.15, -0.1) is 0 Å². The van der Waals surface area contributed by atoms with Crippen LogP contribution >= 0.6 is 0 Å². The van der Waals surface area contributed by atoms with Gasteiger partial charge in [-0.05, 0) is 38.1 Å². The summed E-state index contributed by atoms with van der Waals surface area (Å²) in [7, 11) is 2.19. The van der Waals surface area contributed by atoms with Crippen molar-refractivity contribution in [2.75, 3.05) is 45.1 Å². The van der Waals surface area contributed by atoms with Crippen LogP contribution in [0.3, 0.4) is 0 Å². The van der Waals surface area contributed by atoms with Gasteiger partial charge in [-0.3, -0.25) is 9.69 Å². The monoisotopic (exact) mass is 393 g/mol. The van der Waals surface area contributed by atoms with Crippen molar-refractivity contribution >= 4 is 11.7 Å². The molecule has 6 nitrogen and oxygen atoms in total. The van der Waals surface area contributed by atoms with Crippen molar-refractivity contribution < 1.29 is 4.79 Å². The van der Waals surface area contributed by atoms with Crippen LogP contribution in [0.15, 0.2) is 36.5 Å². The lowest BCUT2D eigenvalue weighted by Crippen LogP contribution is -2.43. The molecule has 1 unspecified atom stereocenters. The van der Waals surface area contributed by atoms with Crippen molar-refractivity contribution in [1.82, 2.24) is 19.7 Å². The van der Waals surface area contributed by atoms with E-state index in [4.69, 9.17) is 0 Å². The SMILES string of the molecule is CCN1Cc2c(ccnc2NC(C)c2ccc(CN3CCN(C)CC3)cc2)C1=O. The third-order valence-electron chi connectivity index (χ3n) is 6.14. The summed E-state index contributed by atoms with van der Waals surface area (Å²) in [5, 5.41) is 3.52. The number of nitrogens with zero attached hydrogens (tertiary/aromatic N) is 4. The minimum atomic E-state index is 0.105. The Balaban J connectivity index is 1.41. The van der Waals surface area contributed by atoms with Gasteiger partial charge in [0.05, 0.1) is 6.54 Å². The molecular formula is C23H31N5O. The summed E-state index contributed by atoms with van der Waals surface area (Å²) >= 11 is 0. The van der Waals surface area contributed by atoms with Gasteiger partial charge in [-0.2, -0.15) is 0 Å². The molecule has 4 rings (SSSR count). The number of pyridine rings is 1. The van der Waals surface area contributed by atoms with E-state index in [0.717, 1.165) is 56.2 Å². The van der Waals surface area contributed by atoms with Crippen LogP contribution in [0.2, 0.25) is 0 Å². The van der Waals surface area contributed by atoms with E-state index >= 15 is 0 Å². The minimum absolute atomic E-state index is 0.105. The highest BCUT2D eigenvalue weighted by atomic mass is 16.2. The van der Waals surface area contributed by atoms with Crippen molar-refractivity contribution in [1.29, 1.82) is 0 Å². The van der Waals surface area contributed by atoms with Crippen LogP contribution in [0.5, 0.6) is 0 Å². The Kier molecular flexibility index (Phi) is 5.83. The number of aromatic nitrogens is 1. The predicted molar refractivity (Wildman–Crippen MR) is 116 cm³/mol. The summed E-state index contributed by atoms with van der Waals surface area (Å²) in [5.74, 6) is 0.926. The molecule has 0 radical (unpaired) electrons. The Morgan fingerprint density at radius 2 is 1.83 bits per heavy atom. The lowest BCUT2D eigenvalue weighted by Gasteiger charge is -2.32. The average molecular weight is 394 g/mol. The Bertz CT molecular complexity index is 858. The largest absolute Gasteiger partial charge is 0.363 e. The normalized spacial score (nSPS) is 18.7. The highest BCUT2D eigenvalue weighted by Gasteiger charge is 2.29. The second-order valence-corrected chi connectivity index (χ2v) is 8.19. The van der Waals surface area contributed by atoms with E-state index in [9.17, 15) is 4.79 Å². The second-order valence-electron chi connectivity index (χ2n) is 8.19. The summed E-state index contributed by atoms with van der Waals surface area (Å²) in [6.07, 6.45) is 1.73. The summed E-state index contributed by atoms with van der Waals surface area (Å²) in [6.45, 7) is 11.1. The molecule has 2 aromatic rings. The summed E-state index contributed by atoms with van der Waals surface area (Å²) in [4.78, 5) is 23.7. The molecule has 3 heterocycles. The first-order chi connectivity index (χ1) is 14.0. The molecule has 29 heavy (non-hydrogen) atoms. The van der Waals surface area contributed by atoms with Gasteiger partial charge in [0.15, 0.2) is 0 Å². The van der Waals surface area contributed by atoms with Crippen LogP contribution in [0.1, 0.15) is 46.9 Å². The van der Waals surface area contributed by atoms with E-state index < -0.39 is 0 Å². The lowest BCUT2D eigenvalue weighted by atomic mass is 10.0. The first kappa shape index (κ1) is 19.9. The molecule has 1 saturated heterocycles. The fourth-order valence-electron chi connectivity index (χ4n) is 4.13. The minimum Gasteiger partial charge on any atom is -0.363 e. The molecule has 1 N–H and O–H groups in total. The Hall–Kier alpha value is -2.44. The molecule has 1 fully saturated rings. The number of rotatable bonds is 6. The van der Waals surface area contributed by atoms with Crippen molar-refractivity contribution in [3.63, 3.8) is 0 Å². The zero-order chi connectivity index (χ0) is 20.4. The molecule has 2 aliphatic heterocycles. The van der Waals surface area contributed by atoms with Crippen molar-refractivity contribution in [2.45, 2.75) is 33.0 Å². The highest BCUT2D eigenvalue weighted by molar-refractivity contribution is 5.99. The quantitative estimate of drug-likeness (QED) is 0.818. The molecule has 154 valence electrons. The zero-order valence-electron chi connectivity index (χ0n) is 17.7. The second kappa shape index (κ2) is 8.51. The number of amides is 1. The third-order valence-corrected chi connectivity index (χ3v) is 6.14. The molecule has 1 amide bonds. The van der Waals surface area contributed by atoms with Crippen LogP contribution in [0.4, 0.5) is 5.82 Å². The average Bonchev–Trinajstić information content (AvgIpc) is 3.07. The summed E-state index contributed by atoms with van der Waals surface area (Å²) in [5.41, 5.74) is 4.37. The maximum Gasteiger partial charge on any atom is 0.254 e. The van der Waals surface area contributed by atoms with Gasteiger partial charge in [-0.1, -0.05) is 24.3 Å². The molecule has 2 aliphatic rings. The standard InChI is InChI=1S/C23H31N5O/c1-4-28-16-21-20(23(28)29)9-10-24-22(21)25-17(2)19-7-5-18(6-8-19)15-27-13-11-26(3)12-14-27/h5-10,17H,4,11-16H2,1-3H3,(H,24,25). The number of fused-ring (bicyclic) bond motifs is 1. The first-order valence-corrected chi connectivity index (χ1v) is 10.6. The smallest absolute Gasteiger partial charge is 0.254 e. The molecule has 0 aliphatic carbocycles. The van der Waals surface area contributed by atoms with Gasteiger partial charge in [0, 0.05) is 62.6 Å². The summed E-state index contributed by atoms with van der Waals surface area (Å²) < 4.78 is 0. The molecule has 0 saturated carbocycles. The maximum atomic E-state index is 12.4. The molecule has 0 bridgehead atoms. The number of piperazine rings is 1. The number of hydrogen-bond acceptors (Lipinski definition) is 5. The van der Waals surface area contributed by atoms with Gasteiger partial charge in [-0.25, -0.2) is 4.98 Å². The van der Waals surface area contributed by atoms with Gasteiger partial charge in [0.2, 0.25) is 0 Å². The molecular weight excluding hydrogens is 362 g/mol. The Morgan fingerprint density at radius 3 is 2.52 bits per heavy atom. The number of nitrogens with one attached hydrogen (secondary N) is 1. The predicted octanol–water partition coefficient (Wildman–Crippen LogP) is 2.98. The fraction of sp³-hybridized carbons (Fsp3) is 0.478. The topological polar surface area (TPSA) is 51.7 Å². The van der Waals surface area contributed by atoms with Crippen LogP contribution in [-0.4, -0.2) is 65.4 Å². The summed E-state index contributed by atoms with van der Waals surface area (Å²) in [6, 6.07) is 10.8. The number of anilines is 1. The van der Waals surface area contributed by atoms with Gasteiger partial charge in [0.1, 0.15) is 5.82 Å². The first-order valence-electron chi connectivity index (χ1n) is 10.6. The van der Waals surface area contributed by atoms with Gasteiger partial charge < -0.3 is 15.1 Å². The highest BCUT2D eigenvalue weighted by Crippen LogP contribution is 2.29. The zero-order valence-corrected chi connectivity index (χ0v) is 17.7. The van der Waals surface area contributed by atoms with Crippen molar-refractivity contribution in [3.8, 4) is 0 Å². The number of benzene rings is 1. The number of carbonyl (C=O) groups is 1. The van der Waals surface area contributed by atoms with E-state index in [0.29, 0.717) is 6.54 Å². The van der Waals surface area contributed by atoms with E-state index in [1.807, 2.05) is 17.9 Å². The van der Waals surface area contributed by atoms with Gasteiger partial charge >= 0.3 is 0 Å².